The average Bonchev–Trinajstić information content (AvgIpc) is 3.34. The van der Waals surface area contributed by atoms with Crippen LogP contribution in [0, 0.1) is 12.7 Å². The molecule has 0 radical (unpaired) electrons. The number of H-pyrrole nitrogens is 1. The number of aromatic nitrogens is 2. The first-order chi connectivity index (χ1) is 17.7. The Morgan fingerprint density at radius 2 is 2.05 bits per heavy atom. The number of carboxylic acid groups (broad SMARTS) is 1. The molecule has 4 rings (SSSR count). The van der Waals surface area contributed by atoms with Gasteiger partial charge in [-0.2, -0.15) is 5.10 Å². The summed E-state index contributed by atoms with van der Waals surface area (Å²) in [5, 5.41) is 27.4. The van der Waals surface area contributed by atoms with Gasteiger partial charge in [-0.25, -0.2) is 13.8 Å². The third-order valence-electron chi connectivity index (χ3n) is 5.66. The van der Waals surface area contributed by atoms with Crippen LogP contribution in [0.2, 0.25) is 0 Å². The molecule has 0 bridgehead atoms. The third-order valence-corrected chi connectivity index (χ3v) is 5.66. The van der Waals surface area contributed by atoms with Crippen molar-refractivity contribution in [3.63, 3.8) is 0 Å². The molecule has 0 saturated heterocycles. The van der Waals surface area contributed by atoms with Crippen LogP contribution >= 0.6 is 0 Å². The molecule has 2 heterocycles. The van der Waals surface area contributed by atoms with Gasteiger partial charge >= 0.3 is 5.97 Å². The van der Waals surface area contributed by atoms with Crippen LogP contribution in [0.25, 0.3) is 10.9 Å². The summed E-state index contributed by atoms with van der Waals surface area (Å²) in [5.41, 5.74) is 1.96. The van der Waals surface area contributed by atoms with Gasteiger partial charge in [0.25, 0.3) is 5.91 Å². The molecule has 2 amide bonds. The summed E-state index contributed by atoms with van der Waals surface area (Å²) in [7, 11) is 0. The van der Waals surface area contributed by atoms with E-state index in [0.29, 0.717) is 28.1 Å². The van der Waals surface area contributed by atoms with E-state index in [-0.39, 0.29) is 24.2 Å². The maximum Gasteiger partial charge on any atom is 0.305 e. The number of fused-ring (bicyclic) bond motifs is 1. The van der Waals surface area contributed by atoms with Gasteiger partial charge in [0, 0.05) is 16.5 Å². The van der Waals surface area contributed by atoms with E-state index in [0.717, 1.165) is 0 Å². The number of nitrogens with one attached hydrogen (secondary N) is 5. The van der Waals surface area contributed by atoms with Gasteiger partial charge in [-0.15, -0.1) is 0 Å². The summed E-state index contributed by atoms with van der Waals surface area (Å²) in [6, 6.07) is 6.17. The topological polar surface area (TPSA) is 161 Å². The number of aromatic amines is 1. The Balaban J connectivity index is 1.45. The van der Waals surface area contributed by atoms with Crippen LogP contribution in [-0.4, -0.2) is 64.9 Å². The van der Waals surface area contributed by atoms with Crippen molar-refractivity contribution in [2.24, 2.45) is 4.99 Å². The van der Waals surface area contributed by atoms with E-state index in [1.807, 2.05) is 0 Å². The van der Waals surface area contributed by atoms with Crippen molar-refractivity contribution in [2.75, 3.05) is 25.0 Å². The Labute approximate surface area is 209 Å². The maximum atomic E-state index is 14.3. The molecule has 194 valence electrons. The molecule has 13 heteroatoms. The number of rotatable bonds is 8. The second-order valence-electron chi connectivity index (χ2n) is 8.57. The number of halogens is 2. The molecule has 1 aromatic heterocycles. The molecule has 37 heavy (non-hydrogen) atoms. The first kappa shape index (κ1) is 25.5. The van der Waals surface area contributed by atoms with Gasteiger partial charge in [0.05, 0.1) is 49.5 Å². The number of nitrogens with zero attached hydrogens (tertiary/aromatic N) is 2. The van der Waals surface area contributed by atoms with Gasteiger partial charge in [0.15, 0.2) is 5.96 Å². The monoisotopic (exact) mass is 513 g/mol. The molecular weight excluding hydrogens is 488 g/mol. The summed E-state index contributed by atoms with van der Waals surface area (Å²) < 4.78 is 27.7. The fraction of sp³-hybridized carbons (Fsp3) is 0.292. The number of benzene rings is 2. The highest BCUT2D eigenvalue weighted by molar-refractivity contribution is 6.07. The molecule has 0 aliphatic carbocycles. The average molecular weight is 514 g/mol. The largest absolute Gasteiger partial charge is 0.481 e. The highest BCUT2D eigenvalue weighted by Crippen LogP contribution is 2.25. The van der Waals surface area contributed by atoms with E-state index in [1.54, 1.807) is 19.2 Å². The van der Waals surface area contributed by atoms with E-state index in [4.69, 9.17) is 0 Å². The number of aliphatic carboxylic acids is 1. The molecule has 1 aliphatic heterocycles. The van der Waals surface area contributed by atoms with Gasteiger partial charge < -0.3 is 26.4 Å². The van der Waals surface area contributed by atoms with Crippen molar-refractivity contribution in [1.82, 2.24) is 26.1 Å². The molecule has 2 aromatic carbocycles. The number of alkyl halides is 1. The van der Waals surface area contributed by atoms with Crippen LogP contribution in [0.4, 0.5) is 14.5 Å². The lowest BCUT2D eigenvalue weighted by atomic mass is 10.0. The molecule has 6 N–H and O–H groups in total. The number of amides is 2. The second-order valence-corrected chi connectivity index (χ2v) is 8.57. The minimum Gasteiger partial charge on any atom is -0.481 e. The number of carbonyl (C=O) groups excluding carboxylic acids is 2. The van der Waals surface area contributed by atoms with Crippen molar-refractivity contribution >= 4 is 40.3 Å². The molecule has 3 aromatic rings. The van der Waals surface area contributed by atoms with Crippen LogP contribution in [0.15, 0.2) is 41.5 Å². The predicted molar refractivity (Wildman–Crippen MR) is 132 cm³/mol. The normalized spacial score (nSPS) is 15.9. The molecule has 11 nitrogen and oxygen atoms in total. The van der Waals surface area contributed by atoms with Crippen LogP contribution in [0.1, 0.15) is 33.9 Å². The molecule has 0 fully saturated rings. The van der Waals surface area contributed by atoms with Crippen molar-refractivity contribution < 1.29 is 28.3 Å². The molecule has 0 saturated carbocycles. The zero-order valence-electron chi connectivity index (χ0n) is 19.8. The molecule has 1 unspecified atom stereocenters. The van der Waals surface area contributed by atoms with E-state index < -0.39 is 48.8 Å². The molecule has 1 aliphatic rings. The third kappa shape index (κ3) is 6.37. The zero-order valence-corrected chi connectivity index (χ0v) is 19.8. The van der Waals surface area contributed by atoms with E-state index in [1.165, 1.54) is 24.3 Å². The highest BCUT2D eigenvalue weighted by atomic mass is 19.1. The first-order valence-electron chi connectivity index (χ1n) is 11.4. The molecule has 2 atom stereocenters. The van der Waals surface area contributed by atoms with E-state index in [2.05, 4.69) is 36.5 Å². The number of hydrogen-bond acceptors (Lipinski definition) is 7. The van der Waals surface area contributed by atoms with Crippen molar-refractivity contribution in [2.45, 2.75) is 25.6 Å². The first-order valence-corrected chi connectivity index (χ1v) is 11.4. The summed E-state index contributed by atoms with van der Waals surface area (Å²) >= 11 is 0. The number of aryl methyl sites for hydroxylation is 1. The number of hydrogen-bond donors (Lipinski definition) is 6. The van der Waals surface area contributed by atoms with Gasteiger partial charge in [0.1, 0.15) is 12.0 Å². The van der Waals surface area contributed by atoms with Crippen molar-refractivity contribution in [1.29, 1.82) is 0 Å². The fourth-order valence-corrected chi connectivity index (χ4v) is 3.87. The lowest BCUT2D eigenvalue weighted by molar-refractivity contribution is -0.137. The number of aliphatic imine (C=N–C) groups is 1. The Hall–Kier alpha value is -4.55. The lowest BCUT2D eigenvalue weighted by Gasteiger charge is -2.20. The summed E-state index contributed by atoms with van der Waals surface area (Å²) in [6.45, 7) is 1.36. The van der Waals surface area contributed by atoms with Crippen LogP contribution in [0.5, 0.6) is 0 Å². The van der Waals surface area contributed by atoms with Crippen LogP contribution in [0.3, 0.4) is 0 Å². The summed E-state index contributed by atoms with van der Waals surface area (Å²) in [5.74, 6) is -2.80. The minimum atomic E-state index is -1.22. The summed E-state index contributed by atoms with van der Waals surface area (Å²) in [6.07, 6.45) is -0.0615. The van der Waals surface area contributed by atoms with Crippen LogP contribution < -0.4 is 21.3 Å². The number of anilines is 1. The predicted octanol–water partition coefficient (Wildman–Crippen LogP) is 1.78. The quantitative estimate of drug-likeness (QED) is 0.268. The number of carbonyl (C=O) groups is 3. The van der Waals surface area contributed by atoms with Crippen molar-refractivity contribution in [3.05, 3.63) is 59.0 Å². The minimum absolute atomic E-state index is 0.00841. The zero-order chi connectivity index (χ0) is 26.5. The maximum absolute atomic E-state index is 14.3. The fourth-order valence-electron chi connectivity index (χ4n) is 3.87. The Kier molecular flexibility index (Phi) is 7.60. The number of carboxylic acids is 1. The lowest BCUT2D eigenvalue weighted by Crippen LogP contribution is -2.41. The van der Waals surface area contributed by atoms with Gasteiger partial charge in [0.2, 0.25) is 5.91 Å². The molecular formula is C24H25F2N7O4. The van der Waals surface area contributed by atoms with E-state index >= 15 is 0 Å². The standard InChI is InChI=1S/C24H25F2N7O4/c1-12-2-3-17(26)15(4-12)19(7-22(35)36)31-21(34)11-27-23(37)13-5-18(16-10-30-33-20(16)6-13)32-24-28-8-14(25)9-29-24/h2-6,10,14,19H,7-9,11H2,1H3,(H,27,37)(H,30,33)(H,31,34)(H,35,36)(H2,28,29,32)/t19-/m0/s1. The highest BCUT2D eigenvalue weighted by Gasteiger charge is 2.22. The van der Waals surface area contributed by atoms with Gasteiger partial charge in [-0.3, -0.25) is 19.5 Å². The van der Waals surface area contributed by atoms with E-state index in [9.17, 15) is 28.3 Å². The Morgan fingerprint density at radius 1 is 1.24 bits per heavy atom. The van der Waals surface area contributed by atoms with Gasteiger partial charge in [-0.05, 0) is 25.1 Å². The van der Waals surface area contributed by atoms with Crippen molar-refractivity contribution in [3.8, 4) is 0 Å². The molecule has 0 spiro atoms. The second kappa shape index (κ2) is 11.0. The SMILES string of the molecule is Cc1ccc(F)c([C@H](CC(=O)O)NC(=O)CNC(=O)c2cc(NC3=NCC(F)CN3)c3cn[nH]c3c2)c1. The smallest absolute Gasteiger partial charge is 0.305 e. The number of guanidine groups is 1. The Morgan fingerprint density at radius 3 is 2.78 bits per heavy atom. The van der Waals surface area contributed by atoms with Gasteiger partial charge in [-0.1, -0.05) is 17.7 Å². The summed E-state index contributed by atoms with van der Waals surface area (Å²) in [4.78, 5) is 40.8. The Bertz CT molecular complexity index is 1370. The van der Waals surface area contributed by atoms with Crippen LogP contribution in [-0.2, 0) is 9.59 Å².